The molecule has 1 atom stereocenters. The Balaban J connectivity index is 1.59. The molecule has 4 aromatic rings. The molecule has 152 valence electrons. The van der Waals surface area contributed by atoms with E-state index < -0.39 is 10.8 Å². The van der Waals surface area contributed by atoms with Crippen molar-refractivity contribution in [2.24, 2.45) is 0 Å². The van der Waals surface area contributed by atoms with Crippen LogP contribution in [-0.2, 0) is 0 Å². The summed E-state index contributed by atoms with van der Waals surface area (Å²) in [5.74, 6) is 0.268. The van der Waals surface area contributed by atoms with Gasteiger partial charge in [-0.2, -0.15) is 0 Å². The molecule has 0 aliphatic heterocycles. The molecule has 1 amide bonds. The number of fused-ring (bicyclic) bond motifs is 1. The SMILES string of the molecule is Cc1c(C(C)NC(=O)c2nnn(-c3cccc([N+](=O)[O-])c3)c2C)oc2ccccc12. The molecule has 0 fully saturated rings. The molecule has 1 N–H and O–H groups in total. The number of non-ortho nitro benzene ring substituents is 1. The van der Waals surface area contributed by atoms with Crippen molar-refractivity contribution in [2.75, 3.05) is 0 Å². The molecule has 1 unspecified atom stereocenters. The second-order valence-electron chi connectivity index (χ2n) is 6.99. The Bertz CT molecular complexity index is 1270. The van der Waals surface area contributed by atoms with E-state index in [0.717, 1.165) is 16.5 Å². The summed E-state index contributed by atoms with van der Waals surface area (Å²) < 4.78 is 7.32. The highest BCUT2D eigenvalue weighted by molar-refractivity contribution is 5.93. The van der Waals surface area contributed by atoms with Crippen molar-refractivity contribution in [2.45, 2.75) is 26.8 Å². The van der Waals surface area contributed by atoms with Gasteiger partial charge in [0.15, 0.2) is 5.69 Å². The molecule has 0 saturated heterocycles. The normalized spacial score (nSPS) is 12.1. The van der Waals surface area contributed by atoms with E-state index in [2.05, 4.69) is 15.6 Å². The van der Waals surface area contributed by atoms with E-state index in [1.54, 1.807) is 19.1 Å². The van der Waals surface area contributed by atoms with Crippen molar-refractivity contribution < 1.29 is 14.1 Å². The van der Waals surface area contributed by atoms with E-state index in [1.807, 2.05) is 38.1 Å². The van der Waals surface area contributed by atoms with Gasteiger partial charge in [0, 0.05) is 23.1 Å². The Hall–Kier alpha value is -4.01. The zero-order chi connectivity index (χ0) is 21.4. The minimum absolute atomic E-state index is 0.0672. The molecule has 0 radical (unpaired) electrons. The van der Waals surface area contributed by atoms with Gasteiger partial charge in [-0.05, 0) is 32.9 Å². The second kappa shape index (κ2) is 7.43. The van der Waals surface area contributed by atoms with Crippen molar-refractivity contribution in [1.29, 1.82) is 0 Å². The fourth-order valence-electron chi connectivity index (χ4n) is 3.46. The molecule has 0 aliphatic carbocycles. The van der Waals surface area contributed by atoms with Gasteiger partial charge in [0.1, 0.15) is 11.3 Å². The maximum absolute atomic E-state index is 12.8. The third kappa shape index (κ3) is 3.30. The van der Waals surface area contributed by atoms with Crippen molar-refractivity contribution in [3.8, 4) is 5.69 Å². The maximum atomic E-state index is 12.8. The second-order valence-corrected chi connectivity index (χ2v) is 6.99. The minimum Gasteiger partial charge on any atom is -0.459 e. The van der Waals surface area contributed by atoms with Gasteiger partial charge in [-0.15, -0.1) is 5.10 Å². The van der Waals surface area contributed by atoms with Crippen molar-refractivity contribution in [3.05, 3.63) is 81.4 Å². The van der Waals surface area contributed by atoms with E-state index in [-0.39, 0.29) is 17.4 Å². The number of benzene rings is 2. The highest BCUT2D eigenvalue weighted by Gasteiger charge is 2.23. The predicted octanol–water partition coefficient (Wildman–Crippen LogP) is 4.03. The number of nitro benzene ring substituents is 1. The van der Waals surface area contributed by atoms with Crippen LogP contribution in [0.1, 0.15) is 40.5 Å². The first kappa shape index (κ1) is 19.3. The van der Waals surface area contributed by atoms with Gasteiger partial charge in [0.2, 0.25) is 0 Å². The molecule has 9 nitrogen and oxygen atoms in total. The van der Waals surface area contributed by atoms with Crippen molar-refractivity contribution >= 4 is 22.6 Å². The number of furan rings is 1. The monoisotopic (exact) mass is 405 g/mol. The van der Waals surface area contributed by atoms with Crippen LogP contribution >= 0.6 is 0 Å². The molecule has 9 heteroatoms. The number of hydrogen-bond acceptors (Lipinski definition) is 6. The molecule has 0 spiro atoms. The quantitative estimate of drug-likeness (QED) is 0.396. The number of nitrogens with zero attached hydrogens (tertiary/aromatic N) is 4. The van der Waals surface area contributed by atoms with Gasteiger partial charge < -0.3 is 9.73 Å². The lowest BCUT2D eigenvalue weighted by Gasteiger charge is -2.12. The van der Waals surface area contributed by atoms with Crippen LogP contribution in [0.4, 0.5) is 5.69 Å². The summed E-state index contributed by atoms with van der Waals surface area (Å²) in [4.78, 5) is 23.4. The van der Waals surface area contributed by atoms with E-state index in [9.17, 15) is 14.9 Å². The van der Waals surface area contributed by atoms with Gasteiger partial charge in [-0.1, -0.05) is 29.5 Å². The Morgan fingerprint density at radius 2 is 1.97 bits per heavy atom. The number of rotatable bonds is 5. The fraction of sp³-hybridized carbons (Fsp3) is 0.190. The van der Waals surface area contributed by atoms with Crippen molar-refractivity contribution in [1.82, 2.24) is 20.3 Å². The van der Waals surface area contributed by atoms with Gasteiger partial charge in [-0.25, -0.2) is 4.68 Å². The van der Waals surface area contributed by atoms with Gasteiger partial charge in [0.25, 0.3) is 11.6 Å². The summed E-state index contributed by atoms with van der Waals surface area (Å²) in [6.45, 7) is 5.47. The third-order valence-electron chi connectivity index (χ3n) is 5.02. The summed E-state index contributed by atoms with van der Waals surface area (Å²) >= 11 is 0. The number of carbonyl (C=O) groups is 1. The number of hydrogen-bond donors (Lipinski definition) is 1. The number of amides is 1. The molecule has 2 aromatic carbocycles. The standard InChI is InChI=1S/C21H19N5O4/c1-12-17-9-4-5-10-18(17)30-20(12)13(2)22-21(27)19-14(3)25(24-23-19)15-7-6-8-16(11-15)26(28)29/h4-11,13H,1-3H3,(H,22,27). The highest BCUT2D eigenvalue weighted by atomic mass is 16.6. The van der Waals surface area contributed by atoms with Crippen LogP contribution in [0.25, 0.3) is 16.7 Å². The molecule has 0 saturated carbocycles. The lowest BCUT2D eigenvalue weighted by atomic mass is 10.1. The predicted molar refractivity (Wildman–Crippen MR) is 110 cm³/mol. The summed E-state index contributed by atoms with van der Waals surface area (Å²) in [6.07, 6.45) is 0. The van der Waals surface area contributed by atoms with Crippen LogP contribution in [0.3, 0.4) is 0 Å². The summed E-state index contributed by atoms with van der Waals surface area (Å²) in [6, 6.07) is 13.3. The number of nitrogens with one attached hydrogen (secondary N) is 1. The highest BCUT2D eigenvalue weighted by Crippen LogP contribution is 2.29. The zero-order valence-electron chi connectivity index (χ0n) is 16.6. The largest absolute Gasteiger partial charge is 0.459 e. The molecular formula is C21H19N5O4. The minimum atomic E-state index is -0.485. The Morgan fingerprint density at radius 3 is 2.70 bits per heavy atom. The van der Waals surface area contributed by atoms with E-state index in [1.165, 1.54) is 16.8 Å². The van der Waals surface area contributed by atoms with E-state index in [4.69, 9.17) is 4.42 Å². The van der Waals surface area contributed by atoms with Crippen LogP contribution in [0, 0.1) is 24.0 Å². The molecule has 30 heavy (non-hydrogen) atoms. The van der Waals surface area contributed by atoms with E-state index in [0.29, 0.717) is 17.1 Å². The lowest BCUT2D eigenvalue weighted by molar-refractivity contribution is -0.384. The first-order chi connectivity index (χ1) is 14.4. The topological polar surface area (TPSA) is 116 Å². The van der Waals surface area contributed by atoms with E-state index >= 15 is 0 Å². The van der Waals surface area contributed by atoms with Crippen LogP contribution in [0.5, 0.6) is 0 Å². The first-order valence-electron chi connectivity index (χ1n) is 9.33. The summed E-state index contributed by atoms with van der Waals surface area (Å²) in [5, 5.41) is 22.9. The van der Waals surface area contributed by atoms with Crippen LogP contribution in [0.15, 0.2) is 52.9 Å². The maximum Gasteiger partial charge on any atom is 0.274 e. The number of carbonyl (C=O) groups excluding carboxylic acids is 1. The van der Waals surface area contributed by atoms with Crippen LogP contribution in [0.2, 0.25) is 0 Å². The fourth-order valence-corrected chi connectivity index (χ4v) is 3.46. The summed E-state index contributed by atoms with van der Waals surface area (Å²) in [5.41, 5.74) is 2.73. The van der Waals surface area contributed by atoms with Gasteiger partial charge in [-0.3, -0.25) is 14.9 Å². The number of aryl methyl sites for hydroxylation is 1. The molecule has 0 bridgehead atoms. The smallest absolute Gasteiger partial charge is 0.274 e. The zero-order valence-corrected chi connectivity index (χ0v) is 16.6. The molecule has 2 heterocycles. The molecule has 2 aromatic heterocycles. The average Bonchev–Trinajstić information content (AvgIpc) is 3.28. The molecule has 0 aliphatic rings. The lowest BCUT2D eigenvalue weighted by Crippen LogP contribution is -2.27. The third-order valence-corrected chi connectivity index (χ3v) is 5.02. The molecule has 4 rings (SSSR count). The number of aromatic nitrogens is 3. The van der Waals surface area contributed by atoms with Crippen LogP contribution < -0.4 is 5.32 Å². The molecular weight excluding hydrogens is 386 g/mol. The van der Waals surface area contributed by atoms with Crippen molar-refractivity contribution in [3.63, 3.8) is 0 Å². The Morgan fingerprint density at radius 1 is 1.20 bits per heavy atom. The average molecular weight is 405 g/mol. The first-order valence-corrected chi connectivity index (χ1v) is 9.33. The number of nitro groups is 1. The Labute approximate surface area is 171 Å². The van der Waals surface area contributed by atoms with Gasteiger partial charge >= 0.3 is 0 Å². The summed E-state index contributed by atoms with van der Waals surface area (Å²) in [7, 11) is 0. The Kier molecular flexibility index (Phi) is 4.78. The van der Waals surface area contributed by atoms with Crippen LogP contribution in [-0.4, -0.2) is 25.8 Å². The number of para-hydroxylation sites is 1. The van der Waals surface area contributed by atoms with Gasteiger partial charge in [0.05, 0.1) is 22.3 Å².